The van der Waals surface area contributed by atoms with Gasteiger partial charge in [-0.1, -0.05) is 35.9 Å². The standard InChI is InChI=1S/C38H46ClN3O9/c1-23(25-11-9-24(10-12-25)15-35(44)51-38(2,3)4)40-37(46)42-22-34(43)41(21-30-32(49-7)18-29(47-5)19-33(30)50-8)20-27(36(42)45)16-26-17-28(39)13-14-31(26)48-6/h9-14,17-19,23,27H,15-16,20-22H2,1-8H3,(H,40,46)/t23-,27+/m0/s1. The van der Waals surface area contributed by atoms with E-state index in [1.165, 1.54) is 33.3 Å². The van der Waals surface area contributed by atoms with Crippen LogP contribution in [0.2, 0.25) is 5.02 Å². The van der Waals surface area contributed by atoms with E-state index in [0.29, 0.717) is 39.1 Å². The van der Waals surface area contributed by atoms with Crippen LogP contribution in [-0.2, 0) is 38.5 Å². The molecular weight excluding hydrogens is 678 g/mol. The van der Waals surface area contributed by atoms with Crippen LogP contribution in [0, 0.1) is 5.92 Å². The lowest BCUT2D eigenvalue weighted by atomic mass is 9.96. The molecule has 13 heteroatoms. The number of nitrogens with zero attached hydrogens (tertiary/aromatic N) is 2. The summed E-state index contributed by atoms with van der Waals surface area (Å²) in [5, 5.41) is 3.32. The van der Waals surface area contributed by atoms with E-state index < -0.39 is 42.0 Å². The third kappa shape index (κ3) is 10.1. The molecule has 4 amide bonds. The minimum atomic E-state index is -0.841. The minimum absolute atomic E-state index is 0.00981. The molecule has 3 aromatic rings. The fourth-order valence-corrected chi connectivity index (χ4v) is 6.06. The first kappa shape index (κ1) is 38.8. The first-order valence-corrected chi connectivity index (χ1v) is 16.9. The van der Waals surface area contributed by atoms with E-state index >= 15 is 0 Å². The Morgan fingerprint density at radius 1 is 0.902 bits per heavy atom. The molecule has 0 bridgehead atoms. The van der Waals surface area contributed by atoms with Gasteiger partial charge in [0.2, 0.25) is 11.8 Å². The number of esters is 1. The number of rotatable bonds is 12. The number of urea groups is 1. The summed E-state index contributed by atoms with van der Waals surface area (Å²) in [5.41, 5.74) is 2.13. The van der Waals surface area contributed by atoms with Crippen LogP contribution >= 0.6 is 11.6 Å². The fraction of sp³-hybridized carbons (Fsp3) is 0.421. The van der Waals surface area contributed by atoms with Gasteiger partial charge >= 0.3 is 12.0 Å². The lowest BCUT2D eigenvalue weighted by Crippen LogP contribution is -2.48. The van der Waals surface area contributed by atoms with Crippen LogP contribution in [0.25, 0.3) is 0 Å². The van der Waals surface area contributed by atoms with Gasteiger partial charge in [-0.05, 0) is 69.0 Å². The molecule has 4 rings (SSSR count). The number of ether oxygens (including phenoxy) is 5. The largest absolute Gasteiger partial charge is 0.496 e. The van der Waals surface area contributed by atoms with Gasteiger partial charge in [-0.15, -0.1) is 0 Å². The molecule has 274 valence electrons. The van der Waals surface area contributed by atoms with Crippen molar-refractivity contribution in [1.29, 1.82) is 0 Å². The smallest absolute Gasteiger partial charge is 0.325 e. The summed E-state index contributed by atoms with van der Waals surface area (Å²) >= 11 is 6.32. The van der Waals surface area contributed by atoms with Gasteiger partial charge in [0, 0.05) is 23.7 Å². The van der Waals surface area contributed by atoms with Crippen molar-refractivity contribution >= 4 is 35.4 Å². The Hall–Kier alpha value is -4.97. The monoisotopic (exact) mass is 723 g/mol. The van der Waals surface area contributed by atoms with Crippen LogP contribution in [0.3, 0.4) is 0 Å². The molecule has 2 atom stereocenters. The molecule has 0 aromatic heterocycles. The first-order chi connectivity index (χ1) is 24.2. The predicted molar refractivity (Wildman–Crippen MR) is 191 cm³/mol. The van der Waals surface area contributed by atoms with E-state index in [2.05, 4.69) is 5.32 Å². The molecule has 1 aliphatic rings. The van der Waals surface area contributed by atoms with Crippen LogP contribution in [0.1, 0.15) is 56.0 Å². The molecule has 0 saturated carbocycles. The number of hydrogen-bond acceptors (Lipinski definition) is 9. The van der Waals surface area contributed by atoms with Crippen LogP contribution in [-0.4, -0.2) is 80.7 Å². The Bertz CT molecular complexity index is 1710. The number of hydrogen-bond donors (Lipinski definition) is 1. The molecule has 51 heavy (non-hydrogen) atoms. The Morgan fingerprint density at radius 2 is 1.53 bits per heavy atom. The molecule has 3 aromatic carbocycles. The van der Waals surface area contributed by atoms with Crippen molar-refractivity contribution in [2.75, 3.05) is 41.5 Å². The molecule has 0 spiro atoms. The number of halogens is 1. The van der Waals surface area contributed by atoms with Crippen LogP contribution in [0.5, 0.6) is 23.0 Å². The van der Waals surface area contributed by atoms with E-state index in [0.717, 1.165) is 16.0 Å². The summed E-state index contributed by atoms with van der Waals surface area (Å²) in [5.74, 6) is -0.266. The molecular formula is C38H46ClN3O9. The Morgan fingerprint density at radius 3 is 2.10 bits per heavy atom. The highest BCUT2D eigenvalue weighted by Gasteiger charge is 2.39. The van der Waals surface area contributed by atoms with E-state index in [1.807, 2.05) is 20.8 Å². The number of nitrogens with one attached hydrogen (secondary N) is 1. The number of benzene rings is 3. The van der Waals surface area contributed by atoms with Gasteiger partial charge in [0.1, 0.15) is 35.1 Å². The van der Waals surface area contributed by atoms with Gasteiger partial charge in [-0.3, -0.25) is 19.3 Å². The number of carbonyl (C=O) groups is 4. The second-order valence-electron chi connectivity index (χ2n) is 13.2. The maximum Gasteiger partial charge on any atom is 0.325 e. The molecule has 1 N–H and O–H groups in total. The molecule has 1 fully saturated rings. The van der Waals surface area contributed by atoms with Gasteiger partial charge < -0.3 is 33.9 Å². The van der Waals surface area contributed by atoms with Gasteiger partial charge in [0.15, 0.2) is 0 Å². The normalized spacial score (nSPS) is 15.5. The van der Waals surface area contributed by atoms with Crippen LogP contribution in [0.15, 0.2) is 54.6 Å². The van der Waals surface area contributed by atoms with E-state index in [1.54, 1.807) is 61.5 Å². The summed E-state index contributed by atoms with van der Waals surface area (Å²) in [6.45, 7) is 6.74. The molecule has 1 heterocycles. The number of carbonyl (C=O) groups excluding carboxylic acids is 4. The second kappa shape index (κ2) is 16.8. The highest BCUT2D eigenvalue weighted by atomic mass is 35.5. The molecule has 0 unspecified atom stereocenters. The maximum absolute atomic E-state index is 14.2. The van der Waals surface area contributed by atoms with Crippen molar-refractivity contribution < 1.29 is 42.9 Å². The second-order valence-corrected chi connectivity index (χ2v) is 13.7. The molecule has 1 aliphatic heterocycles. The summed E-state index contributed by atoms with van der Waals surface area (Å²) in [4.78, 5) is 56.7. The highest BCUT2D eigenvalue weighted by molar-refractivity contribution is 6.30. The molecule has 0 radical (unpaired) electrons. The zero-order valence-corrected chi connectivity index (χ0v) is 31.1. The molecule has 0 aliphatic carbocycles. The van der Waals surface area contributed by atoms with E-state index in [-0.39, 0.29) is 31.9 Å². The predicted octanol–water partition coefficient (Wildman–Crippen LogP) is 5.76. The van der Waals surface area contributed by atoms with E-state index in [4.69, 9.17) is 35.3 Å². The van der Waals surface area contributed by atoms with Gasteiger partial charge in [0.25, 0.3) is 0 Å². The van der Waals surface area contributed by atoms with Crippen molar-refractivity contribution in [3.63, 3.8) is 0 Å². The van der Waals surface area contributed by atoms with Crippen LogP contribution in [0.4, 0.5) is 4.79 Å². The lowest BCUT2D eigenvalue weighted by molar-refractivity contribution is -0.154. The quantitative estimate of drug-likeness (QED) is 0.232. The summed E-state index contributed by atoms with van der Waals surface area (Å²) < 4.78 is 27.6. The van der Waals surface area contributed by atoms with Crippen molar-refractivity contribution in [2.45, 2.75) is 58.7 Å². The summed E-state index contributed by atoms with van der Waals surface area (Å²) in [6, 6.07) is 14.4. The zero-order valence-electron chi connectivity index (χ0n) is 30.3. The van der Waals surface area contributed by atoms with Gasteiger partial charge in [-0.25, -0.2) is 4.79 Å². The fourth-order valence-electron chi connectivity index (χ4n) is 5.87. The summed E-state index contributed by atoms with van der Waals surface area (Å²) in [7, 11) is 6.04. The first-order valence-electron chi connectivity index (χ1n) is 16.5. The van der Waals surface area contributed by atoms with Crippen molar-refractivity contribution in [3.8, 4) is 23.0 Å². The third-order valence-electron chi connectivity index (χ3n) is 8.41. The average Bonchev–Trinajstić information content (AvgIpc) is 3.19. The average molecular weight is 724 g/mol. The Balaban J connectivity index is 1.61. The minimum Gasteiger partial charge on any atom is -0.496 e. The zero-order chi connectivity index (χ0) is 37.5. The van der Waals surface area contributed by atoms with Gasteiger partial charge in [0.05, 0.1) is 58.9 Å². The number of amides is 4. The van der Waals surface area contributed by atoms with Crippen LogP contribution < -0.4 is 24.3 Å². The number of imide groups is 1. The highest BCUT2D eigenvalue weighted by Crippen LogP contribution is 2.36. The number of methoxy groups -OCH3 is 4. The topological polar surface area (TPSA) is 133 Å². The summed E-state index contributed by atoms with van der Waals surface area (Å²) in [6.07, 6.45) is 0.244. The third-order valence-corrected chi connectivity index (χ3v) is 8.65. The Kier molecular flexibility index (Phi) is 12.8. The lowest BCUT2D eigenvalue weighted by Gasteiger charge is -2.26. The van der Waals surface area contributed by atoms with Crippen molar-refractivity contribution in [1.82, 2.24) is 15.1 Å². The van der Waals surface area contributed by atoms with Crippen molar-refractivity contribution in [3.05, 3.63) is 81.9 Å². The molecule has 12 nitrogen and oxygen atoms in total. The SMILES string of the molecule is COc1cc(OC)c(CN2C[C@@H](Cc3cc(Cl)ccc3OC)C(=O)N(C(=O)N[C@@H](C)c3ccc(CC(=O)OC(C)(C)C)cc3)CC2=O)c(OC)c1. The van der Waals surface area contributed by atoms with Gasteiger partial charge in [-0.2, -0.15) is 0 Å². The van der Waals surface area contributed by atoms with E-state index in [9.17, 15) is 19.2 Å². The van der Waals surface area contributed by atoms with Crippen molar-refractivity contribution in [2.24, 2.45) is 5.92 Å². The Labute approximate surface area is 303 Å². The maximum atomic E-state index is 14.2. The molecule has 1 saturated heterocycles.